The molecule has 1 saturated heterocycles. The van der Waals surface area contributed by atoms with Crippen LogP contribution in [0.2, 0.25) is 0 Å². The standard InChI is InChI=1S/C34H37F3N6O3S/c1-22(2)29-15-14-28(45-4)20-30(29)42-18-5-19-47-33(42)40-32(44)38-17-16-23(3)24-6-8-25(9-7-24)31-39-21-43(41-31)26-10-12-27(13-11-26)46-34(35,36)37/h6-15,20-23H,5,16-19H2,1-4H3,(H,38,44)/b40-33-. The van der Waals surface area contributed by atoms with Gasteiger partial charge in [0.15, 0.2) is 11.0 Å². The summed E-state index contributed by atoms with van der Waals surface area (Å²) in [5.74, 6) is 2.32. The Balaban J connectivity index is 1.16. The van der Waals surface area contributed by atoms with Gasteiger partial charge in [0.2, 0.25) is 0 Å². The number of anilines is 1. The first-order valence-electron chi connectivity index (χ1n) is 15.3. The summed E-state index contributed by atoms with van der Waals surface area (Å²) in [7, 11) is 1.65. The minimum atomic E-state index is -4.75. The minimum Gasteiger partial charge on any atom is -0.497 e. The summed E-state index contributed by atoms with van der Waals surface area (Å²) in [5.41, 5.74) is 4.64. The van der Waals surface area contributed by atoms with Gasteiger partial charge in [-0.2, -0.15) is 4.99 Å². The van der Waals surface area contributed by atoms with Crippen LogP contribution in [0, 0.1) is 0 Å². The second-order valence-electron chi connectivity index (χ2n) is 11.4. The predicted octanol–water partition coefficient (Wildman–Crippen LogP) is 8.17. The second-order valence-corrected chi connectivity index (χ2v) is 12.5. The molecule has 0 radical (unpaired) electrons. The number of hydrogen-bond acceptors (Lipinski definition) is 6. The lowest BCUT2D eigenvalue weighted by molar-refractivity contribution is -0.274. The third-order valence-corrected chi connectivity index (χ3v) is 8.82. The number of amidine groups is 1. The molecule has 0 bridgehead atoms. The van der Waals surface area contributed by atoms with Crippen LogP contribution in [-0.4, -0.2) is 58.3 Å². The molecule has 47 heavy (non-hydrogen) atoms. The molecule has 3 aromatic carbocycles. The van der Waals surface area contributed by atoms with E-state index in [4.69, 9.17) is 4.74 Å². The molecular weight excluding hydrogens is 629 g/mol. The first kappa shape index (κ1) is 33.8. The monoisotopic (exact) mass is 666 g/mol. The number of nitrogens with zero attached hydrogens (tertiary/aromatic N) is 5. The summed E-state index contributed by atoms with van der Waals surface area (Å²) in [6.45, 7) is 7.65. The van der Waals surface area contributed by atoms with Gasteiger partial charge in [-0.25, -0.2) is 14.5 Å². The Hall–Kier alpha value is -4.52. The maximum absolute atomic E-state index is 12.9. The van der Waals surface area contributed by atoms with Crippen LogP contribution < -0.4 is 19.7 Å². The highest BCUT2D eigenvalue weighted by Crippen LogP contribution is 2.35. The van der Waals surface area contributed by atoms with Crippen molar-refractivity contribution in [1.29, 1.82) is 0 Å². The van der Waals surface area contributed by atoms with Gasteiger partial charge in [0.1, 0.15) is 17.8 Å². The molecule has 2 amide bonds. The Morgan fingerprint density at radius 2 is 1.77 bits per heavy atom. The van der Waals surface area contributed by atoms with Gasteiger partial charge in [-0.15, -0.1) is 18.3 Å². The predicted molar refractivity (Wildman–Crippen MR) is 179 cm³/mol. The van der Waals surface area contributed by atoms with E-state index in [0.29, 0.717) is 29.1 Å². The van der Waals surface area contributed by atoms with Crippen LogP contribution in [0.15, 0.2) is 78.0 Å². The Morgan fingerprint density at radius 3 is 2.45 bits per heavy atom. The number of rotatable bonds is 10. The van der Waals surface area contributed by atoms with E-state index >= 15 is 0 Å². The lowest BCUT2D eigenvalue weighted by atomic mass is 9.96. The van der Waals surface area contributed by atoms with Crippen molar-refractivity contribution in [1.82, 2.24) is 20.1 Å². The number of carbonyl (C=O) groups is 1. The van der Waals surface area contributed by atoms with Crippen molar-refractivity contribution in [2.45, 2.75) is 51.8 Å². The van der Waals surface area contributed by atoms with Gasteiger partial charge in [0, 0.05) is 36.2 Å². The summed E-state index contributed by atoms with van der Waals surface area (Å²) >= 11 is 1.59. The van der Waals surface area contributed by atoms with Crippen LogP contribution in [0.1, 0.15) is 56.6 Å². The number of benzene rings is 3. The highest BCUT2D eigenvalue weighted by Gasteiger charge is 2.31. The maximum Gasteiger partial charge on any atom is 0.573 e. The molecule has 1 fully saturated rings. The molecule has 0 aliphatic carbocycles. The van der Waals surface area contributed by atoms with Gasteiger partial charge in [0.05, 0.1) is 12.8 Å². The van der Waals surface area contributed by atoms with Crippen molar-refractivity contribution in [2.24, 2.45) is 4.99 Å². The smallest absolute Gasteiger partial charge is 0.497 e. The number of thioether (sulfide) groups is 1. The Labute approximate surface area is 276 Å². The van der Waals surface area contributed by atoms with Crippen LogP contribution in [0.5, 0.6) is 11.5 Å². The molecule has 1 atom stereocenters. The highest BCUT2D eigenvalue weighted by atomic mass is 32.2. The van der Waals surface area contributed by atoms with Crippen LogP contribution in [-0.2, 0) is 0 Å². The zero-order valence-corrected chi connectivity index (χ0v) is 27.4. The van der Waals surface area contributed by atoms with E-state index in [9.17, 15) is 18.0 Å². The topological polar surface area (TPSA) is 93.9 Å². The van der Waals surface area contributed by atoms with Gasteiger partial charge in [-0.05, 0) is 66.1 Å². The molecule has 1 unspecified atom stereocenters. The number of urea groups is 1. The van der Waals surface area contributed by atoms with E-state index in [1.54, 1.807) is 18.9 Å². The molecular formula is C34H37F3N6O3S. The van der Waals surface area contributed by atoms with Crippen molar-refractivity contribution < 1.29 is 27.4 Å². The van der Waals surface area contributed by atoms with Gasteiger partial charge < -0.3 is 19.7 Å². The van der Waals surface area contributed by atoms with Crippen molar-refractivity contribution in [3.8, 4) is 28.6 Å². The zero-order chi connectivity index (χ0) is 33.6. The van der Waals surface area contributed by atoms with E-state index in [1.165, 1.54) is 40.8 Å². The first-order chi connectivity index (χ1) is 22.5. The van der Waals surface area contributed by atoms with Gasteiger partial charge in [-0.3, -0.25) is 0 Å². The third kappa shape index (κ3) is 8.85. The van der Waals surface area contributed by atoms with Crippen LogP contribution in [0.3, 0.4) is 0 Å². The van der Waals surface area contributed by atoms with Crippen molar-refractivity contribution >= 4 is 28.6 Å². The van der Waals surface area contributed by atoms with Crippen LogP contribution in [0.25, 0.3) is 17.1 Å². The fourth-order valence-electron chi connectivity index (χ4n) is 5.22. The summed E-state index contributed by atoms with van der Waals surface area (Å²) in [4.78, 5) is 23.8. The van der Waals surface area contributed by atoms with Crippen LogP contribution >= 0.6 is 11.8 Å². The average molecular weight is 667 g/mol. The molecule has 1 aromatic heterocycles. The molecule has 0 spiro atoms. The maximum atomic E-state index is 12.9. The molecule has 0 saturated carbocycles. The fourth-order valence-corrected chi connectivity index (χ4v) is 6.17. The number of amides is 2. The number of halogens is 3. The fraction of sp³-hybridized carbons (Fsp3) is 0.353. The molecule has 1 aliphatic heterocycles. The lowest BCUT2D eigenvalue weighted by Crippen LogP contribution is -2.36. The van der Waals surface area contributed by atoms with E-state index in [1.807, 2.05) is 36.4 Å². The minimum absolute atomic E-state index is 0.172. The lowest BCUT2D eigenvalue weighted by Gasteiger charge is -2.32. The highest BCUT2D eigenvalue weighted by molar-refractivity contribution is 8.14. The molecule has 4 aromatic rings. The molecule has 2 heterocycles. The molecule has 1 N–H and O–H groups in total. The number of carbonyl (C=O) groups excluding carboxylic acids is 1. The molecule has 1 aliphatic rings. The summed E-state index contributed by atoms with van der Waals surface area (Å²) in [5, 5.41) is 8.11. The van der Waals surface area contributed by atoms with E-state index < -0.39 is 6.36 Å². The number of methoxy groups -OCH3 is 1. The zero-order valence-electron chi connectivity index (χ0n) is 26.6. The van der Waals surface area contributed by atoms with Crippen molar-refractivity contribution in [3.63, 3.8) is 0 Å². The normalized spacial score (nSPS) is 15.1. The quantitative estimate of drug-likeness (QED) is 0.183. The van der Waals surface area contributed by atoms with E-state index in [-0.39, 0.29) is 17.7 Å². The van der Waals surface area contributed by atoms with Gasteiger partial charge in [-0.1, -0.05) is 62.9 Å². The number of aromatic nitrogens is 3. The number of ether oxygens (including phenoxy) is 2. The van der Waals surface area contributed by atoms with Gasteiger partial charge >= 0.3 is 12.4 Å². The molecule has 9 nitrogen and oxygen atoms in total. The van der Waals surface area contributed by atoms with E-state index in [2.05, 4.69) is 56.9 Å². The summed E-state index contributed by atoms with van der Waals surface area (Å²) < 4.78 is 48.2. The number of alkyl halides is 3. The number of aliphatic imine (C=N–C) groups is 1. The Morgan fingerprint density at radius 1 is 1.04 bits per heavy atom. The van der Waals surface area contributed by atoms with Crippen molar-refractivity contribution in [2.75, 3.05) is 30.9 Å². The summed E-state index contributed by atoms with van der Waals surface area (Å²) in [6, 6.07) is 19.0. The Kier molecular flexibility index (Phi) is 10.7. The first-order valence-corrected chi connectivity index (χ1v) is 16.3. The SMILES string of the molecule is COc1ccc(C(C)C)c(N2CCCS/C2=N\C(=O)NCCC(C)c2ccc(-c3ncn(-c4ccc(OC(F)(F)F)cc4)n3)cc2)c1. The number of hydrogen-bond donors (Lipinski definition) is 1. The Bertz CT molecular complexity index is 1690. The second kappa shape index (κ2) is 14.9. The largest absolute Gasteiger partial charge is 0.573 e. The van der Waals surface area contributed by atoms with Gasteiger partial charge in [0.25, 0.3) is 0 Å². The molecule has 13 heteroatoms. The third-order valence-electron chi connectivity index (χ3n) is 7.75. The average Bonchev–Trinajstić information content (AvgIpc) is 3.55. The van der Waals surface area contributed by atoms with Crippen molar-refractivity contribution in [3.05, 3.63) is 84.2 Å². The molecule has 5 rings (SSSR count). The number of nitrogens with one attached hydrogen (secondary N) is 1. The van der Waals surface area contributed by atoms with E-state index in [0.717, 1.165) is 47.7 Å². The molecule has 248 valence electrons. The summed E-state index contributed by atoms with van der Waals surface area (Å²) in [6.07, 6.45) is -1.53. The van der Waals surface area contributed by atoms with Crippen LogP contribution in [0.4, 0.5) is 23.7 Å².